The number of nitrogens with zero attached hydrogens (tertiary/aromatic N) is 3. The summed E-state index contributed by atoms with van der Waals surface area (Å²) >= 11 is 0. The molecule has 6 heteroatoms. The molecule has 0 atom stereocenters. The number of aromatic amines is 1. The summed E-state index contributed by atoms with van der Waals surface area (Å²) in [5.41, 5.74) is 9.58. The van der Waals surface area contributed by atoms with Crippen LogP contribution in [0.15, 0.2) is 42.9 Å². The Morgan fingerprint density at radius 3 is 2.65 bits per heavy atom. The Kier molecular flexibility index (Phi) is 4.63. The van der Waals surface area contributed by atoms with Gasteiger partial charge in [-0.3, -0.25) is 0 Å². The van der Waals surface area contributed by atoms with E-state index in [4.69, 9.17) is 5.73 Å². The number of rotatable bonds is 6. The molecule has 6 nitrogen and oxygen atoms in total. The van der Waals surface area contributed by atoms with Crippen molar-refractivity contribution in [2.75, 3.05) is 18.4 Å². The number of nitrogens with two attached hydrogens (primary N) is 1. The van der Waals surface area contributed by atoms with E-state index in [-0.39, 0.29) is 0 Å². The zero-order valence-corrected chi connectivity index (χ0v) is 13.1. The molecule has 0 bridgehead atoms. The van der Waals surface area contributed by atoms with Crippen molar-refractivity contribution >= 4 is 5.95 Å². The molecule has 2 heterocycles. The Hall–Kier alpha value is -2.73. The largest absolute Gasteiger partial charge is 0.353 e. The van der Waals surface area contributed by atoms with Crippen LogP contribution < -0.4 is 11.1 Å². The van der Waals surface area contributed by atoms with E-state index in [2.05, 4.69) is 56.4 Å². The van der Waals surface area contributed by atoms with E-state index in [1.54, 1.807) is 18.6 Å². The first kappa shape index (κ1) is 15.2. The lowest BCUT2D eigenvalue weighted by molar-refractivity contribution is 0.990. The van der Waals surface area contributed by atoms with Crippen LogP contribution in [0.1, 0.15) is 12.5 Å². The minimum Gasteiger partial charge on any atom is -0.353 e. The number of benzene rings is 1. The predicted octanol–water partition coefficient (Wildman–Crippen LogP) is 2.47. The Labute approximate surface area is 135 Å². The van der Waals surface area contributed by atoms with Crippen LogP contribution in [0, 0.1) is 0 Å². The zero-order valence-electron chi connectivity index (χ0n) is 13.1. The number of nitrogens with one attached hydrogen (secondary N) is 2. The molecule has 0 amide bonds. The molecule has 0 fully saturated rings. The zero-order chi connectivity index (χ0) is 16.1. The molecule has 0 radical (unpaired) electrons. The minimum atomic E-state index is 0.532. The highest BCUT2D eigenvalue weighted by Crippen LogP contribution is 2.29. The lowest BCUT2D eigenvalue weighted by atomic mass is 10.0. The van der Waals surface area contributed by atoms with Gasteiger partial charge in [-0.05, 0) is 12.0 Å². The van der Waals surface area contributed by atoms with Gasteiger partial charge in [0.2, 0.25) is 5.95 Å². The first-order chi connectivity index (χ1) is 11.3. The molecule has 1 aromatic carbocycles. The first-order valence-corrected chi connectivity index (χ1v) is 7.72. The molecule has 4 N–H and O–H groups in total. The van der Waals surface area contributed by atoms with Crippen molar-refractivity contribution < 1.29 is 0 Å². The maximum Gasteiger partial charge on any atom is 0.223 e. The van der Waals surface area contributed by atoms with Crippen molar-refractivity contribution in [1.29, 1.82) is 0 Å². The van der Waals surface area contributed by atoms with Gasteiger partial charge in [-0.15, -0.1) is 0 Å². The van der Waals surface area contributed by atoms with Gasteiger partial charge in [0.15, 0.2) is 0 Å². The molecule has 3 rings (SSSR count). The van der Waals surface area contributed by atoms with Crippen LogP contribution in [0.4, 0.5) is 5.95 Å². The van der Waals surface area contributed by atoms with E-state index in [9.17, 15) is 0 Å². The molecule has 0 aliphatic rings. The average Bonchev–Trinajstić information content (AvgIpc) is 3.14. The van der Waals surface area contributed by atoms with Crippen LogP contribution in [-0.2, 0) is 6.42 Å². The van der Waals surface area contributed by atoms with Gasteiger partial charge in [0.25, 0.3) is 0 Å². The normalized spacial score (nSPS) is 10.7. The molecule has 0 spiro atoms. The summed E-state index contributed by atoms with van der Waals surface area (Å²) in [6.07, 6.45) is 6.31. The number of aromatic nitrogens is 4. The van der Waals surface area contributed by atoms with Crippen LogP contribution in [0.25, 0.3) is 22.6 Å². The average molecular weight is 308 g/mol. The highest BCUT2D eigenvalue weighted by Gasteiger charge is 2.13. The summed E-state index contributed by atoms with van der Waals surface area (Å²) in [6.45, 7) is 3.31. The summed E-state index contributed by atoms with van der Waals surface area (Å²) in [5, 5.41) is 3.12. The third-order valence-corrected chi connectivity index (χ3v) is 3.61. The summed E-state index contributed by atoms with van der Waals surface area (Å²) in [6, 6.07) is 8.41. The fraction of sp³-hybridized carbons (Fsp3) is 0.235. The number of anilines is 1. The Bertz CT molecular complexity index is 749. The third kappa shape index (κ3) is 3.37. The van der Waals surface area contributed by atoms with Gasteiger partial charge in [0.05, 0.1) is 11.3 Å². The van der Waals surface area contributed by atoms with Crippen molar-refractivity contribution in [3.8, 4) is 22.6 Å². The second kappa shape index (κ2) is 7.02. The van der Waals surface area contributed by atoms with Gasteiger partial charge >= 0.3 is 0 Å². The summed E-state index contributed by atoms with van der Waals surface area (Å²) in [4.78, 5) is 16.4. The van der Waals surface area contributed by atoms with Crippen molar-refractivity contribution in [2.24, 2.45) is 5.73 Å². The Morgan fingerprint density at radius 2 is 2.00 bits per heavy atom. The fourth-order valence-corrected chi connectivity index (χ4v) is 2.36. The van der Waals surface area contributed by atoms with Crippen molar-refractivity contribution in [3.05, 3.63) is 48.4 Å². The number of imidazole rings is 1. The lowest BCUT2D eigenvalue weighted by Gasteiger charge is -2.10. The van der Waals surface area contributed by atoms with E-state index >= 15 is 0 Å². The number of H-pyrrole nitrogens is 1. The number of hydrogen-bond donors (Lipinski definition) is 3. The topological polar surface area (TPSA) is 92.5 Å². The Morgan fingerprint density at radius 1 is 1.17 bits per heavy atom. The number of hydrogen-bond acceptors (Lipinski definition) is 5. The van der Waals surface area contributed by atoms with Gasteiger partial charge in [0.1, 0.15) is 5.82 Å². The van der Waals surface area contributed by atoms with Gasteiger partial charge in [-0.1, -0.05) is 31.2 Å². The molecule has 23 heavy (non-hydrogen) atoms. The molecule has 118 valence electrons. The van der Waals surface area contributed by atoms with E-state index in [0.29, 0.717) is 19.0 Å². The van der Waals surface area contributed by atoms with Crippen LogP contribution in [0.2, 0.25) is 0 Å². The van der Waals surface area contributed by atoms with Crippen LogP contribution in [-0.4, -0.2) is 33.0 Å². The van der Waals surface area contributed by atoms with Crippen molar-refractivity contribution in [1.82, 2.24) is 19.9 Å². The SMILES string of the molecule is CCc1ccc(-c2nc(NCCN)ncc2-c2ncc[nH]2)cc1. The van der Waals surface area contributed by atoms with Crippen LogP contribution >= 0.6 is 0 Å². The first-order valence-electron chi connectivity index (χ1n) is 7.72. The maximum absolute atomic E-state index is 5.53. The Balaban J connectivity index is 2.05. The molecule has 0 aliphatic carbocycles. The molecular weight excluding hydrogens is 288 g/mol. The summed E-state index contributed by atoms with van der Waals surface area (Å²) < 4.78 is 0. The van der Waals surface area contributed by atoms with Crippen LogP contribution in [0.5, 0.6) is 0 Å². The van der Waals surface area contributed by atoms with E-state index in [0.717, 1.165) is 29.1 Å². The van der Waals surface area contributed by atoms with E-state index in [1.807, 2.05) is 0 Å². The summed E-state index contributed by atoms with van der Waals surface area (Å²) in [7, 11) is 0. The summed E-state index contributed by atoms with van der Waals surface area (Å²) in [5.74, 6) is 1.32. The molecule has 0 saturated carbocycles. The van der Waals surface area contributed by atoms with E-state index < -0.39 is 0 Å². The maximum atomic E-state index is 5.53. The quantitative estimate of drug-likeness (QED) is 0.650. The highest BCUT2D eigenvalue weighted by molar-refractivity contribution is 5.77. The molecule has 2 aromatic heterocycles. The molecular formula is C17H20N6. The lowest BCUT2D eigenvalue weighted by Crippen LogP contribution is -2.15. The van der Waals surface area contributed by atoms with Crippen molar-refractivity contribution in [2.45, 2.75) is 13.3 Å². The van der Waals surface area contributed by atoms with E-state index in [1.165, 1.54) is 5.56 Å². The monoisotopic (exact) mass is 308 g/mol. The highest BCUT2D eigenvalue weighted by atomic mass is 15.1. The number of aryl methyl sites for hydroxylation is 1. The minimum absolute atomic E-state index is 0.532. The van der Waals surface area contributed by atoms with Gasteiger partial charge in [-0.25, -0.2) is 15.0 Å². The van der Waals surface area contributed by atoms with Crippen LogP contribution in [0.3, 0.4) is 0 Å². The molecule has 0 unspecified atom stereocenters. The molecule has 3 aromatic rings. The van der Waals surface area contributed by atoms with Crippen molar-refractivity contribution in [3.63, 3.8) is 0 Å². The molecule has 0 aliphatic heterocycles. The second-order valence-electron chi connectivity index (χ2n) is 5.16. The fourth-order valence-electron chi connectivity index (χ4n) is 2.36. The predicted molar refractivity (Wildman–Crippen MR) is 92.0 cm³/mol. The standard InChI is InChI=1S/C17H20N6/c1-2-12-3-5-13(6-4-12)15-14(16-19-9-10-20-16)11-22-17(23-15)21-8-7-18/h3-6,9-11H,2,7-8,18H2,1H3,(H,19,20)(H,21,22,23). The van der Waals surface area contributed by atoms with Gasteiger partial charge < -0.3 is 16.0 Å². The third-order valence-electron chi connectivity index (χ3n) is 3.61. The molecule has 0 saturated heterocycles. The second-order valence-corrected chi connectivity index (χ2v) is 5.16. The van der Waals surface area contributed by atoms with Gasteiger partial charge in [-0.2, -0.15) is 0 Å². The van der Waals surface area contributed by atoms with Gasteiger partial charge in [0, 0.05) is 37.2 Å². The smallest absolute Gasteiger partial charge is 0.223 e.